The molecule has 1 atom stereocenters. The molecule has 1 aromatic carbocycles. The smallest absolute Gasteiger partial charge is 0.323 e. The number of carbonyl (C=O) groups is 2. The van der Waals surface area contributed by atoms with E-state index in [1.807, 2.05) is 44.2 Å². The molecule has 0 spiro atoms. The largest absolute Gasteiger partial charge is 0.480 e. The third kappa shape index (κ3) is 4.66. The van der Waals surface area contributed by atoms with Gasteiger partial charge in [0.05, 0.1) is 5.92 Å². The Bertz CT molecular complexity index is 446. The van der Waals surface area contributed by atoms with Crippen LogP contribution in [0.4, 0.5) is 0 Å². The summed E-state index contributed by atoms with van der Waals surface area (Å²) in [7, 11) is 0. The van der Waals surface area contributed by atoms with Crippen LogP contribution in [0.2, 0.25) is 0 Å². The number of carboxylic acids is 1. The number of hydrogen-bond donors (Lipinski definition) is 2. The molecule has 1 rings (SSSR count). The SMILES string of the molecule is CC(C)CN(CC(=O)O)C(=O)C(CN)c1ccccc1. The Labute approximate surface area is 119 Å². The molecule has 0 heterocycles. The number of amides is 1. The molecule has 5 nitrogen and oxygen atoms in total. The van der Waals surface area contributed by atoms with Crippen molar-refractivity contribution < 1.29 is 14.7 Å². The van der Waals surface area contributed by atoms with Crippen molar-refractivity contribution in [2.75, 3.05) is 19.6 Å². The molecule has 20 heavy (non-hydrogen) atoms. The fourth-order valence-corrected chi connectivity index (χ4v) is 2.12. The van der Waals surface area contributed by atoms with Crippen molar-refractivity contribution in [3.63, 3.8) is 0 Å². The number of aliphatic carboxylic acids is 1. The highest BCUT2D eigenvalue weighted by atomic mass is 16.4. The molecule has 3 N–H and O–H groups in total. The van der Waals surface area contributed by atoms with E-state index >= 15 is 0 Å². The average molecular weight is 278 g/mol. The molecule has 0 fully saturated rings. The van der Waals surface area contributed by atoms with Gasteiger partial charge in [-0.15, -0.1) is 0 Å². The summed E-state index contributed by atoms with van der Waals surface area (Å²) in [6, 6.07) is 9.22. The summed E-state index contributed by atoms with van der Waals surface area (Å²) in [6.07, 6.45) is 0. The Morgan fingerprint density at radius 3 is 2.30 bits per heavy atom. The Morgan fingerprint density at radius 2 is 1.85 bits per heavy atom. The van der Waals surface area contributed by atoms with Crippen LogP contribution in [-0.4, -0.2) is 41.5 Å². The normalized spacial score (nSPS) is 12.2. The van der Waals surface area contributed by atoms with Gasteiger partial charge in [0.25, 0.3) is 0 Å². The maximum Gasteiger partial charge on any atom is 0.323 e. The second kappa shape index (κ2) is 7.65. The minimum Gasteiger partial charge on any atom is -0.480 e. The minimum atomic E-state index is -1.01. The summed E-state index contributed by atoms with van der Waals surface area (Å²) in [5, 5.41) is 8.95. The van der Waals surface area contributed by atoms with Crippen molar-refractivity contribution in [2.45, 2.75) is 19.8 Å². The van der Waals surface area contributed by atoms with Crippen LogP contribution in [0.5, 0.6) is 0 Å². The summed E-state index contributed by atoms with van der Waals surface area (Å²) in [6.45, 7) is 4.18. The number of nitrogens with zero attached hydrogens (tertiary/aromatic N) is 1. The van der Waals surface area contributed by atoms with Crippen molar-refractivity contribution >= 4 is 11.9 Å². The molecule has 0 bridgehead atoms. The van der Waals surface area contributed by atoms with E-state index < -0.39 is 11.9 Å². The van der Waals surface area contributed by atoms with Crippen molar-refractivity contribution in [2.24, 2.45) is 11.7 Å². The zero-order valence-corrected chi connectivity index (χ0v) is 12.0. The van der Waals surface area contributed by atoms with Crippen molar-refractivity contribution in [1.82, 2.24) is 4.90 Å². The van der Waals surface area contributed by atoms with Crippen molar-refractivity contribution in [1.29, 1.82) is 0 Å². The van der Waals surface area contributed by atoms with Gasteiger partial charge in [-0.05, 0) is 11.5 Å². The number of carboxylic acid groups (broad SMARTS) is 1. The second-order valence-electron chi connectivity index (χ2n) is 5.21. The van der Waals surface area contributed by atoms with E-state index in [1.165, 1.54) is 4.90 Å². The van der Waals surface area contributed by atoms with E-state index in [1.54, 1.807) is 0 Å². The highest BCUT2D eigenvalue weighted by molar-refractivity contribution is 5.87. The van der Waals surface area contributed by atoms with Gasteiger partial charge in [-0.2, -0.15) is 0 Å². The molecule has 0 saturated carbocycles. The number of benzene rings is 1. The fraction of sp³-hybridized carbons (Fsp3) is 0.467. The molecule has 0 saturated heterocycles. The third-order valence-corrected chi connectivity index (χ3v) is 2.96. The average Bonchev–Trinajstić information content (AvgIpc) is 2.39. The lowest BCUT2D eigenvalue weighted by atomic mass is 9.97. The number of hydrogen-bond acceptors (Lipinski definition) is 3. The molecular weight excluding hydrogens is 256 g/mol. The molecule has 0 aliphatic carbocycles. The summed E-state index contributed by atoms with van der Waals surface area (Å²) in [4.78, 5) is 24.8. The van der Waals surface area contributed by atoms with Gasteiger partial charge in [0.15, 0.2) is 0 Å². The summed E-state index contributed by atoms with van der Waals surface area (Å²) >= 11 is 0. The lowest BCUT2D eigenvalue weighted by molar-refractivity contribution is -0.145. The third-order valence-electron chi connectivity index (χ3n) is 2.96. The van der Waals surface area contributed by atoms with E-state index in [-0.39, 0.29) is 24.9 Å². The van der Waals surface area contributed by atoms with Gasteiger partial charge < -0.3 is 15.7 Å². The lowest BCUT2D eigenvalue weighted by Gasteiger charge is -2.27. The number of carbonyl (C=O) groups excluding carboxylic acids is 1. The van der Waals surface area contributed by atoms with Gasteiger partial charge in [0.1, 0.15) is 6.54 Å². The van der Waals surface area contributed by atoms with Crippen molar-refractivity contribution in [3.05, 3.63) is 35.9 Å². The standard InChI is InChI=1S/C15H22N2O3/c1-11(2)9-17(10-14(18)19)15(20)13(8-16)12-6-4-3-5-7-12/h3-7,11,13H,8-10,16H2,1-2H3,(H,18,19). The van der Waals surface area contributed by atoms with Crippen LogP contribution in [-0.2, 0) is 9.59 Å². The van der Waals surface area contributed by atoms with Crippen LogP contribution in [0, 0.1) is 5.92 Å². The Kier molecular flexibility index (Phi) is 6.18. The molecule has 110 valence electrons. The van der Waals surface area contributed by atoms with Crippen LogP contribution < -0.4 is 5.73 Å². The van der Waals surface area contributed by atoms with E-state index in [2.05, 4.69) is 0 Å². The molecular formula is C15H22N2O3. The predicted molar refractivity (Wildman–Crippen MR) is 77.3 cm³/mol. The topological polar surface area (TPSA) is 83.6 Å². The van der Waals surface area contributed by atoms with Gasteiger partial charge in [0, 0.05) is 13.1 Å². The molecule has 0 radical (unpaired) electrons. The van der Waals surface area contributed by atoms with Crippen LogP contribution in [0.1, 0.15) is 25.3 Å². The maximum atomic E-state index is 12.5. The van der Waals surface area contributed by atoms with Gasteiger partial charge in [-0.1, -0.05) is 44.2 Å². The number of rotatable bonds is 7. The monoisotopic (exact) mass is 278 g/mol. The quantitative estimate of drug-likeness (QED) is 0.787. The first-order chi connectivity index (χ1) is 9.45. The number of nitrogens with two attached hydrogens (primary N) is 1. The van der Waals surface area contributed by atoms with Gasteiger partial charge in [-0.3, -0.25) is 9.59 Å². The van der Waals surface area contributed by atoms with Crippen LogP contribution in [0.15, 0.2) is 30.3 Å². The fourth-order valence-electron chi connectivity index (χ4n) is 2.12. The summed E-state index contributed by atoms with van der Waals surface area (Å²) < 4.78 is 0. The lowest BCUT2D eigenvalue weighted by Crippen LogP contribution is -2.42. The Morgan fingerprint density at radius 1 is 1.25 bits per heavy atom. The van der Waals surface area contributed by atoms with Crippen LogP contribution >= 0.6 is 0 Å². The molecule has 0 aromatic heterocycles. The Balaban J connectivity index is 2.93. The second-order valence-corrected chi connectivity index (χ2v) is 5.21. The molecule has 5 heteroatoms. The Hall–Kier alpha value is -1.88. The molecule has 0 aliphatic rings. The predicted octanol–water partition coefficient (Wildman–Crippen LogP) is 1.30. The molecule has 1 aromatic rings. The van der Waals surface area contributed by atoms with Crippen molar-refractivity contribution in [3.8, 4) is 0 Å². The molecule has 0 aliphatic heterocycles. The zero-order valence-electron chi connectivity index (χ0n) is 12.0. The molecule has 1 amide bonds. The molecule has 1 unspecified atom stereocenters. The summed E-state index contributed by atoms with van der Waals surface area (Å²) in [5.41, 5.74) is 6.53. The highest BCUT2D eigenvalue weighted by Gasteiger charge is 2.26. The van der Waals surface area contributed by atoms with Gasteiger partial charge in [0.2, 0.25) is 5.91 Å². The van der Waals surface area contributed by atoms with E-state index in [0.29, 0.717) is 6.54 Å². The first kappa shape index (κ1) is 16.2. The highest BCUT2D eigenvalue weighted by Crippen LogP contribution is 2.18. The van der Waals surface area contributed by atoms with Crippen LogP contribution in [0.25, 0.3) is 0 Å². The first-order valence-electron chi connectivity index (χ1n) is 6.71. The van der Waals surface area contributed by atoms with E-state index in [4.69, 9.17) is 10.8 Å². The van der Waals surface area contributed by atoms with Crippen LogP contribution in [0.3, 0.4) is 0 Å². The van der Waals surface area contributed by atoms with E-state index in [9.17, 15) is 9.59 Å². The summed E-state index contributed by atoms with van der Waals surface area (Å²) in [5.74, 6) is -1.53. The van der Waals surface area contributed by atoms with E-state index in [0.717, 1.165) is 5.56 Å². The van der Waals surface area contributed by atoms with Gasteiger partial charge >= 0.3 is 5.97 Å². The minimum absolute atomic E-state index is 0.164. The zero-order chi connectivity index (χ0) is 15.1. The first-order valence-corrected chi connectivity index (χ1v) is 6.71. The maximum absolute atomic E-state index is 12.5. The van der Waals surface area contributed by atoms with Gasteiger partial charge in [-0.25, -0.2) is 0 Å².